The highest BCUT2D eigenvalue weighted by Crippen LogP contribution is 2.41. The number of halogens is 1. The van der Waals surface area contributed by atoms with Crippen molar-refractivity contribution in [1.29, 1.82) is 0 Å². The zero-order chi connectivity index (χ0) is 19.0. The van der Waals surface area contributed by atoms with Gasteiger partial charge in [0, 0.05) is 45.0 Å². The molecular weight excluding hydrogens is 347 g/mol. The van der Waals surface area contributed by atoms with Gasteiger partial charge in [0.2, 0.25) is 5.91 Å². The number of carbonyl (C=O) groups excluding carboxylic acids is 2. The number of amides is 2. The van der Waals surface area contributed by atoms with Gasteiger partial charge in [0.25, 0.3) is 5.91 Å². The van der Waals surface area contributed by atoms with Gasteiger partial charge in [0.15, 0.2) is 0 Å². The van der Waals surface area contributed by atoms with Gasteiger partial charge in [-0.1, -0.05) is 18.2 Å². The van der Waals surface area contributed by atoms with Crippen molar-refractivity contribution in [2.75, 3.05) is 19.6 Å². The summed E-state index contributed by atoms with van der Waals surface area (Å²) in [6.07, 6.45) is 3.90. The number of likely N-dealkylation sites (tertiary alicyclic amines) is 2. The Balaban J connectivity index is 1.50. The topological polar surface area (TPSA) is 58.4 Å². The molecule has 6 nitrogen and oxygen atoms in total. The molecule has 1 aromatic carbocycles. The SMILES string of the molecule is Cn1nccc1C(=O)N1CC[C@]2(CCCN(Cc3ccccc3F)C2=O)C1. The molecule has 2 aliphatic heterocycles. The fourth-order valence-electron chi connectivity index (χ4n) is 4.31. The number of hydrogen-bond acceptors (Lipinski definition) is 3. The molecule has 2 aromatic rings. The molecule has 2 aliphatic rings. The predicted octanol–water partition coefficient (Wildman–Crippen LogP) is 2.21. The summed E-state index contributed by atoms with van der Waals surface area (Å²) >= 11 is 0. The molecule has 0 saturated carbocycles. The number of carbonyl (C=O) groups is 2. The second kappa shape index (κ2) is 6.79. The molecule has 2 fully saturated rings. The van der Waals surface area contributed by atoms with Crippen LogP contribution in [0.1, 0.15) is 35.3 Å². The fourth-order valence-corrected chi connectivity index (χ4v) is 4.31. The lowest BCUT2D eigenvalue weighted by Crippen LogP contribution is -2.50. The molecule has 0 radical (unpaired) electrons. The average Bonchev–Trinajstić information content (AvgIpc) is 3.28. The van der Waals surface area contributed by atoms with E-state index < -0.39 is 5.41 Å². The van der Waals surface area contributed by atoms with Crippen molar-refractivity contribution in [3.05, 3.63) is 53.6 Å². The van der Waals surface area contributed by atoms with Gasteiger partial charge in [-0.15, -0.1) is 0 Å². The minimum atomic E-state index is -0.544. The smallest absolute Gasteiger partial charge is 0.272 e. The van der Waals surface area contributed by atoms with Gasteiger partial charge in [0.05, 0.1) is 5.41 Å². The number of aryl methyl sites for hydroxylation is 1. The Kier molecular flexibility index (Phi) is 4.45. The van der Waals surface area contributed by atoms with Crippen molar-refractivity contribution < 1.29 is 14.0 Å². The standard InChI is InChI=1S/C20H23FN4O2/c1-23-17(7-10-22-23)18(26)25-12-9-20(14-25)8-4-11-24(19(20)27)13-15-5-2-3-6-16(15)21/h2-3,5-7,10H,4,8-9,11-14H2,1H3/t20-/m1/s1. The maximum atomic E-state index is 14.0. The van der Waals surface area contributed by atoms with E-state index in [2.05, 4.69) is 5.10 Å². The minimum absolute atomic E-state index is 0.0392. The molecule has 142 valence electrons. The maximum Gasteiger partial charge on any atom is 0.272 e. The molecule has 27 heavy (non-hydrogen) atoms. The minimum Gasteiger partial charge on any atom is -0.338 e. The normalized spacial score (nSPS) is 22.7. The lowest BCUT2D eigenvalue weighted by molar-refractivity contribution is -0.146. The molecule has 0 aliphatic carbocycles. The van der Waals surface area contributed by atoms with Crippen LogP contribution in [0.3, 0.4) is 0 Å². The first-order valence-electron chi connectivity index (χ1n) is 9.30. The summed E-state index contributed by atoms with van der Waals surface area (Å²) < 4.78 is 15.6. The van der Waals surface area contributed by atoms with Gasteiger partial charge in [-0.2, -0.15) is 5.10 Å². The highest BCUT2D eigenvalue weighted by Gasteiger charge is 2.49. The summed E-state index contributed by atoms with van der Waals surface area (Å²) in [5, 5.41) is 4.05. The van der Waals surface area contributed by atoms with Gasteiger partial charge in [-0.25, -0.2) is 4.39 Å². The Morgan fingerprint density at radius 3 is 2.78 bits per heavy atom. The third-order valence-electron chi connectivity index (χ3n) is 5.82. The van der Waals surface area contributed by atoms with Crippen molar-refractivity contribution in [1.82, 2.24) is 19.6 Å². The van der Waals surface area contributed by atoms with Crippen LogP contribution in [0.15, 0.2) is 36.5 Å². The summed E-state index contributed by atoms with van der Waals surface area (Å²) in [5.41, 5.74) is 0.514. The van der Waals surface area contributed by atoms with E-state index in [0.29, 0.717) is 37.3 Å². The highest BCUT2D eigenvalue weighted by atomic mass is 19.1. The summed E-state index contributed by atoms with van der Waals surface area (Å²) in [7, 11) is 1.74. The highest BCUT2D eigenvalue weighted by molar-refractivity contribution is 5.94. The maximum absolute atomic E-state index is 14.0. The second-order valence-electron chi connectivity index (χ2n) is 7.52. The summed E-state index contributed by atoms with van der Waals surface area (Å²) in [6.45, 7) is 1.89. The zero-order valence-corrected chi connectivity index (χ0v) is 15.4. The Labute approximate surface area is 157 Å². The van der Waals surface area contributed by atoms with Crippen molar-refractivity contribution in [2.45, 2.75) is 25.8 Å². The summed E-state index contributed by atoms with van der Waals surface area (Å²) in [6, 6.07) is 8.27. The van der Waals surface area contributed by atoms with Crippen LogP contribution in [0.4, 0.5) is 4.39 Å². The Morgan fingerprint density at radius 1 is 1.22 bits per heavy atom. The monoisotopic (exact) mass is 370 g/mol. The van der Waals surface area contributed by atoms with Crippen LogP contribution in [0.2, 0.25) is 0 Å². The third-order valence-corrected chi connectivity index (χ3v) is 5.82. The number of aromatic nitrogens is 2. The van der Waals surface area contributed by atoms with E-state index in [1.165, 1.54) is 6.07 Å². The molecule has 0 N–H and O–H groups in total. The van der Waals surface area contributed by atoms with Crippen LogP contribution in [-0.2, 0) is 18.4 Å². The third kappa shape index (κ3) is 3.11. The first kappa shape index (κ1) is 17.7. The van der Waals surface area contributed by atoms with Crippen LogP contribution >= 0.6 is 0 Å². The van der Waals surface area contributed by atoms with E-state index in [9.17, 15) is 14.0 Å². The number of piperidine rings is 1. The molecule has 1 aromatic heterocycles. The molecule has 1 spiro atoms. The fraction of sp³-hybridized carbons (Fsp3) is 0.450. The van der Waals surface area contributed by atoms with Gasteiger partial charge in [-0.3, -0.25) is 14.3 Å². The van der Waals surface area contributed by atoms with E-state index in [4.69, 9.17) is 0 Å². The Hall–Kier alpha value is -2.70. The Bertz CT molecular complexity index is 880. The number of rotatable bonds is 3. The molecular formula is C20H23FN4O2. The molecule has 3 heterocycles. The number of nitrogens with zero attached hydrogens (tertiary/aromatic N) is 4. The van der Waals surface area contributed by atoms with Crippen LogP contribution in [-0.4, -0.2) is 51.0 Å². The van der Waals surface area contributed by atoms with Crippen molar-refractivity contribution in [2.24, 2.45) is 12.5 Å². The van der Waals surface area contributed by atoms with Crippen molar-refractivity contribution in [3.8, 4) is 0 Å². The number of benzene rings is 1. The van der Waals surface area contributed by atoms with E-state index >= 15 is 0 Å². The van der Waals surface area contributed by atoms with E-state index in [-0.39, 0.29) is 24.2 Å². The van der Waals surface area contributed by atoms with Gasteiger partial charge >= 0.3 is 0 Å². The van der Waals surface area contributed by atoms with Crippen LogP contribution < -0.4 is 0 Å². The van der Waals surface area contributed by atoms with E-state index in [1.54, 1.807) is 52.0 Å². The summed E-state index contributed by atoms with van der Waals surface area (Å²) in [4.78, 5) is 29.5. The van der Waals surface area contributed by atoms with Crippen LogP contribution in [0, 0.1) is 11.2 Å². The van der Waals surface area contributed by atoms with Gasteiger partial charge in [-0.05, 0) is 31.4 Å². The van der Waals surface area contributed by atoms with Crippen LogP contribution in [0.25, 0.3) is 0 Å². The molecule has 0 bridgehead atoms. The molecule has 1 atom stereocenters. The largest absolute Gasteiger partial charge is 0.338 e. The molecule has 0 unspecified atom stereocenters. The van der Waals surface area contributed by atoms with Gasteiger partial charge < -0.3 is 9.80 Å². The van der Waals surface area contributed by atoms with E-state index in [1.807, 2.05) is 0 Å². The lowest BCUT2D eigenvalue weighted by atomic mass is 9.78. The van der Waals surface area contributed by atoms with E-state index in [0.717, 1.165) is 12.8 Å². The summed E-state index contributed by atoms with van der Waals surface area (Å²) in [5.74, 6) is -0.340. The van der Waals surface area contributed by atoms with Crippen LogP contribution in [0.5, 0.6) is 0 Å². The first-order chi connectivity index (χ1) is 13.0. The molecule has 2 amide bonds. The van der Waals surface area contributed by atoms with Gasteiger partial charge in [0.1, 0.15) is 11.5 Å². The average molecular weight is 370 g/mol. The number of hydrogen-bond donors (Lipinski definition) is 0. The Morgan fingerprint density at radius 2 is 2.04 bits per heavy atom. The van der Waals surface area contributed by atoms with Crippen molar-refractivity contribution >= 4 is 11.8 Å². The zero-order valence-electron chi connectivity index (χ0n) is 15.4. The lowest BCUT2D eigenvalue weighted by Gasteiger charge is -2.39. The first-order valence-corrected chi connectivity index (χ1v) is 9.30. The van der Waals surface area contributed by atoms with Crippen molar-refractivity contribution in [3.63, 3.8) is 0 Å². The molecule has 2 saturated heterocycles. The molecule has 4 rings (SSSR count). The molecule has 7 heteroatoms. The quantitative estimate of drug-likeness (QED) is 0.832. The second-order valence-corrected chi connectivity index (χ2v) is 7.52. The predicted molar refractivity (Wildman–Crippen MR) is 97.2 cm³/mol.